The van der Waals surface area contributed by atoms with Crippen molar-refractivity contribution in [2.45, 2.75) is 25.5 Å². The van der Waals surface area contributed by atoms with Crippen molar-refractivity contribution in [1.82, 2.24) is 9.97 Å². The van der Waals surface area contributed by atoms with Gasteiger partial charge in [-0.2, -0.15) is 11.8 Å². The number of aryl methyl sites for hydroxylation is 1. The smallest absolute Gasteiger partial charge is 0.200 e. The summed E-state index contributed by atoms with van der Waals surface area (Å²) in [6.07, 6.45) is 3.95. The van der Waals surface area contributed by atoms with Gasteiger partial charge in [0, 0.05) is 23.2 Å². The maximum absolute atomic E-state index is 4.18. The Kier molecular flexibility index (Phi) is 3.25. The number of nitrogens with zero attached hydrogens (tertiary/aromatic N) is 1. The van der Waals surface area contributed by atoms with Gasteiger partial charge in [0.15, 0.2) is 5.95 Å². The summed E-state index contributed by atoms with van der Waals surface area (Å²) in [6.45, 7) is 7.33. The molecular formula is C9H17N3S. The summed E-state index contributed by atoms with van der Waals surface area (Å²) >= 11 is 1.85. The number of aromatic nitrogens is 2. The van der Waals surface area contributed by atoms with E-state index in [4.69, 9.17) is 0 Å². The molecular weight excluding hydrogens is 182 g/mol. The Hall–Kier alpha value is -0.640. The van der Waals surface area contributed by atoms with Crippen molar-refractivity contribution in [2.24, 2.45) is 0 Å². The normalized spacial score (nSPS) is 11.7. The van der Waals surface area contributed by atoms with Crippen molar-refractivity contribution in [1.29, 1.82) is 0 Å². The predicted octanol–water partition coefficient (Wildman–Crippen LogP) is 2.27. The van der Waals surface area contributed by atoms with Gasteiger partial charge in [0.25, 0.3) is 0 Å². The highest BCUT2D eigenvalue weighted by atomic mass is 32.2. The lowest BCUT2D eigenvalue weighted by molar-refractivity contribution is 0.748. The van der Waals surface area contributed by atoms with Crippen LogP contribution in [0.2, 0.25) is 0 Å². The first-order chi connectivity index (χ1) is 6.03. The van der Waals surface area contributed by atoms with E-state index in [-0.39, 0.29) is 4.75 Å². The molecule has 2 N–H and O–H groups in total. The topological polar surface area (TPSA) is 40.7 Å². The molecule has 1 heterocycles. The number of H-pyrrole nitrogens is 1. The molecule has 0 aliphatic rings. The zero-order valence-corrected chi connectivity index (χ0v) is 9.46. The number of rotatable bonds is 4. The number of aromatic amines is 1. The van der Waals surface area contributed by atoms with E-state index in [0.717, 1.165) is 18.2 Å². The van der Waals surface area contributed by atoms with Gasteiger partial charge in [0.2, 0.25) is 0 Å². The SMILES string of the molecule is CSC(C)(C)CNc1ncc(C)[nH]1. The molecule has 0 atom stereocenters. The largest absolute Gasteiger partial charge is 0.354 e. The van der Waals surface area contributed by atoms with Gasteiger partial charge in [-0.05, 0) is 27.0 Å². The molecule has 3 nitrogen and oxygen atoms in total. The Morgan fingerprint density at radius 3 is 2.77 bits per heavy atom. The standard InChI is InChI=1S/C9H17N3S/c1-7-5-10-8(12-7)11-6-9(2,3)13-4/h5H,6H2,1-4H3,(H2,10,11,12). The van der Waals surface area contributed by atoms with E-state index in [1.54, 1.807) is 0 Å². The summed E-state index contributed by atoms with van der Waals surface area (Å²) in [5.74, 6) is 0.861. The van der Waals surface area contributed by atoms with Crippen molar-refractivity contribution in [3.8, 4) is 0 Å². The van der Waals surface area contributed by atoms with E-state index in [1.165, 1.54) is 0 Å². The van der Waals surface area contributed by atoms with Crippen LogP contribution in [-0.4, -0.2) is 27.5 Å². The van der Waals surface area contributed by atoms with Crippen LogP contribution in [0.15, 0.2) is 6.20 Å². The molecule has 0 aliphatic carbocycles. The fourth-order valence-electron chi connectivity index (χ4n) is 0.871. The first kappa shape index (κ1) is 10.4. The van der Waals surface area contributed by atoms with E-state index < -0.39 is 0 Å². The van der Waals surface area contributed by atoms with Crippen molar-refractivity contribution in [3.05, 3.63) is 11.9 Å². The molecule has 13 heavy (non-hydrogen) atoms. The number of imidazole rings is 1. The first-order valence-corrected chi connectivity index (χ1v) is 5.56. The highest BCUT2D eigenvalue weighted by Crippen LogP contribution is 2.20. The van der Waals surface area contributed by atoms with Gasteiger partial charge in [0.1, 0.15) is 0 Å². The van der Waals surface area contributed by atoms with E-state index in [0.29, 0.717) is 0 Å². The molecule has 0 amide bonds. The minimum Gasteiger partial charge on any atom is -0.354 e. The third kappa shape index (κ3) is 3.30. The van der Waals surface area contributed by atoms with Crippen LogP contribution in [0.25, 0.3) is 0 Å². The number of anilines is 1. The molecule has 0 saturated heterocycles. The Balaban J connectivity index is 2.43. The van der Waals surface area contributed by atoms with E-state index in [9.17, 15) is 0 Å². The lowest BCUT2D eigenvalue weighted by Crippen LogP contribution is -2.26. The summed E-state index contributed by atoms with van der Waals surface area (Å²) in [6, 6.07) is 0. The molecule has 1 aromatic rings. The first-order valence-electron chi connectivity index (χ1n) is 4.34. The van der Waals surface area contributed by atoms with E-state index in [1.807, 2.05) is 24.9 Å². The summed E-state index contributed by atoms with van der Waals surface area (Å²) in [7, 11) is 0. The molecule has 0 aromatic carbocycles. The maximum Gasteiger partial charge on any atom is 0.200 e. The molecule has 0 fully saturated rings. The minimum absolute atomic E-state index is 0.251. The lowest BCUT2D eigenvalue weighted by atomic mass is 10.2. The molecule has 0 saturated carbocycles. The molecule has 0 bridgehead atoms. The molecule has 74 valence electrons. The highest BCUT2D eigenvalue weighted by molar-refractivity contribution is 7.99. The fourth-order valence-corrected chi connectivity index (χ4v) is 1.09. The number of hydrogen-bond donors (Lipinski definition) is 2. The van der Waals surface area contributed by atoms with Crippen LogP contribution in [0.4, 0.5) is 5.95 Å². The van der Waals surface area contributed by atoms with Crippen LogP contribution in [0.1, 0.15) is 19.5 Å². The Labute approximate surface area is 83.7 Å². The van der Waals surface area contributed by atoms with Crippen LogP contribution < -0.4 is 5.32 Å². The molecule has 0 radical (unpaired) electrons. The zero-order chi connectivity index (χ0) is 9.90. The molecule has 0 spiro atoms. The fraction of sp³-hybridized carbons (Fsp3) is 0.667. The van der Waals surface area contributed by atoms with Crippen molar-refractivity contribution < 1.29 is 0 Å². The third-order valence-electron chi connectivity index (χ3n) is 1.94. The molecule has 1 aromatic heterocycles. The maximum atomic E-state index is 4.18. The number of nitrogens with one attached hydrogen (secondary N) is 2. The monoisotopic (exact) mass is 199 g/mol. The third-order valence-corrected chi connectivity index (χ3v) is 3.19. The minimum atomic E-state index is 0.251. The number of hydrogen-bond acceptors (Lipinski definition) is 3. The summed E-state index contributed by atoms with van der Waals surface area (Å²) < 4.78 is 0.251. The van der Waals surface area contributed by atoms with Gasteiger partial charge < -0.3 is 10.3 Å². The summed E-state index contributed by atoms with van der Waals surface area (Å²) in [5, 5.41) is 3.27. The van der Waals surface area contributed by atoms with Gasteiger partial charge in [-0.3, -0.25) is 0 Å². The second-order valence-corrected chi connectivity index (χ2v) is 5.25. The van der Waals surface area contributed by atoms with Gasteiger partial charge in [-0.25, -0.2) is 4.98 Å². The quantitative estimate of drug-likeness (QED) is 0.781. The Morgan fingerprint density at radius 2 is 2.31 bits per heavy atom. The lowest BCUT2D eigenvalue weighted by Gasteiger charge is -2.21. The molecule has 4 heteroatoms. The van der Waals surface area contributed by atoms with Crippen molar-refractivity contribution in [2.75, 3.05) is 18.1 Å². The summed E-state index contributed by atoms with van der Waals surface area (Å²) in [4.78, 5) is 7.32. The average Bonchev–Trinajstić information content (AvgIpc) is 2.48. The second-order valence-electron chi connectivity index (χ2n) is 3.73. The van der Waals surface area contributed by atoms with Gasteiger partial charge in [0.05, 0.1) is 0 Å². The van der Waals surface area contributed by atoms with Crippen LogP contribution in [0.5, 0.6) is 0 Å². The zero-order valence-electron chi connectivity index (χ0n) is 8.64. The highest BCUT2D eigenvalue weighted by Gasteiger charge is 2.15. The van der Waals surface area contributed by atoms with Crippen LogP contribution >= 0.6 is 11.8 Å². The van der Waals surface area contributed by atoms with Crippen molar-refractivity contribution >= 4 is 17.7 Å². The van der Waals surface area contributed by atoms with Gasteiger partial charge in [-0.1, -0.05) is 0 Å². The van der Waals surface area contributed by atoms with Gasteiger partial charge >= 0.3 is 0 Å². The van der Waals surface area contributed by atoms with E-state index in [2.05, 4.69) is 35.4 Å². The van der Waals surface area contributed by atoms with Gasteiger partial charge in [-0.15, -0.1) is 0 Å². The second kappa shape index (κ2) is 4.05. The van der Waals surface area contributed by atoms with Crippen molar-refractivity contribution in [3.63, 3.8) is 0 Å². The Morgan fingerprint density at radius 1 is 1.62 bits per heavy atom. The average molecular weight is 199 g/mol. The van der Waals surface area contributed by atoms with E-state index >= 15 is 0 Å². The Bertz CT molecular complexity index is 268. The van der Waals surface area contributed by atoms with Crippen LogP contribution in [-0.2, 0) is 0 Å². The number of thioether (sulfide) groups is 1. The van der Waals surface area contributed by atoms with Crippen LogP contribution in [0.3, 0.4) is 0 Å². The van der Waals surface area contributed by atoms with Crippen LogP contribution in [0, 0.1) is 6.92 Å². The molecule has 1 rings (SSSR count). The molecule has 0 unspecified atom stereocenters. The summed E-state index contributed by atoms with van der Waals surface area (Å²) in [5.41, 5.74) is 1.09. The predicted molar refractivity (Wildman–Crippen MR) is 59.4 cm³/mol. The molecule has 0 aliphatic heterocycles.